The number of hydrogen-bond acceptors (Lipinski definition) is 3. The molecule has 0 spiro atoms. The summed E-state index contributed by atoms with van der Waals surface area (Å²) in [5.74, 6) is 0. The fourth-order valence-corrected chi connectivity index (χ4v) is 1.70. The van der Waals surface area contributed by atoms with Crippen molar-refractivity contribution in [3.8, 4) is 5.69 Å². The van der Waals surface area contributed by atoms with Gasteiger partial charge in [-0.1, -0.05) is 21.1 Å². The molecule has 0 aliphatic carbocycles. The summed E-state index contributed by atoms with van der Waals surface area (Å²) in [6.07, 6.45) is 1.86. The van der Waals surface area contributed by atoms with Gasteiger partial charge in [0.1, 0.15) is 5.69 Å². The number of halogens is 1. The van der Waals surface area contributed by atoms with Crippen LogP contribution in [0.25, 0.3) is 5.69 Å². The molecule has 2 aromatic rings. The Hall–Kier alpha value is -1.20. The van der Waals surface area contributed by atoms with Crippen molar-refractivity contribution in [1.82, 2.24) is 15.0 Å². The molecule has 4 nitrogen and oxygen atoms in total. The van der Waals surface area contributed by atoms with Gasteiger partial charge in [-0.25, -0.2) is 4.68 Å². The minimum absolute atomic E-state index is 0.470. The van der Waals surface area contributed by atoms with E-state index >= 15 is 0 Å². The number of benzene rings is 1. The molecule has 90 valence electrons. The van der Waals surface area contributed by atoms with E-state index in [0.29, 0.717) is 0 Å². The van der Waals surface area contributed by atoms with Gasteiger partial charge in [0.25, 0.3) is 0 Å². The summed E-state index contributed by atoms with van der Waals surface area (Å²) in [4.78, 5) is 0. The van der Waals surface area contributed by atoms with Gasteiger partial charge in [-0.15, -0.1) is 5.10 Å². The van der Waals surface area contributed by atoms with Gasteiger partial charge in [0.2, 0.25) is 0 Å². The van der Waals surface area contributed by atoms with Crippen LogP contribution in [0.15, 0.2) is 28.9 Å². The Balaban J connectivity index is 2.40. The second kappa shape index (κ2) is 4.23. The lowest BCUT2D eigenvalue weighted by Crippen LogP contribution is -2.29. The van der Waals surface area contributed by atoms with Gasteiger partial charge in [-0.05, 0) is 44.5 Å². The fourth-order valence-electron chi connectivity index (χ4n) is 1.46. The summed E-state index contributed by atoms with van der Waals surface area (Å²) in [6, 6.07) is 6.03. The van der Waals surface area contributed by atoms with Crippen molar-refractivity contribution >= 4 is 15.9 Å². The first kappa shape index (κ1) is 12.3. The van der Waals surface area contributed by atoms with Gasteiger partial charge < -0.3 is 5.73 Å². The van der Waals surface area contributed by atoms with Crippen LogP contribution in [0.5, 0.6) is 0 Å². The molecule has 17 heavy (non-hydrogen) atoms. The molecule has 0 saturated heterocycles. The van der Waals surface area contributed by atoms with Gasteiger partial charge in [0.15, 0.2) is 0 Å². The van der Waals surface area contributed by atoms with E-state index in [9.17, 15) is 0 Å². The van der Waals surface area contributed by atoms with Crippen LogP contribution in [-0.4, -0.2) is 15.0 Å². The van der Waals surface area contributed by atoms with Crippen molar-refractivity contribution in [2.75, 3.05) is 0 Å². The zero-order valence-corrected chi connectivity index (χ0v) is 11.7. The molecule has 0 fully saturated rings. The number of nitrogens with zero attached hydrogens (tertiary/aromatic N) is 3. The van der Waals surface area contributed by atoms with Crippen LogP contribution in [0.4, 0.5) is 0 Å². The number of nitrogens with two attached hydrogens (primary N) is 1. The first-order chi connectivity index (χ1) is 7.88. The average molecular weight is 295 g/mol. The highest BCUT2D eigenvalue weighted by atomic mass is 79.9. The van der Waals surface area contributed by atoms with Gasteiger partial charge >= 0.3 is 0 Å². The zero-order valence-electron chi connectivity index (χ0n) is 10.1. The smallest absolute Gasteiger partial charge is 0.102 e. The third-order valence-electron chi connectivity index (χ3n) is 2.56. The van der Waals surface area contributed by atoms with E-state index in [1.807, 2.05) is 45.2 Å². The molecular weight excluding hydrogens is 280 g/mol. The number of aryl methyl sites for hydroxylation is 1. The maximum Gasteiger partial charge on any atom is 0.102 e. The van der Waals surface area contributed by atoms with E-state index in [1.54, 1.807) is 4.68 Å². The molecule has 0 aliphatic heterocycles. The zero-order chi connectivity index (χ0) is 12.6. The van der Waals surface area contributed by atoms with Crippen molar-refractivity contribution in [3.63, 3.8) is 0 Å². The molecule has 2 N–H and O–H groups in total. The Bertz CT molecular complexity index is 540. The van der Waals surface area contributed by atoms with Crippen LogP contribution in [0.1, 0.15) is 25.1 Å². The van der Waals surface area contributed by atoms with Gasteiger partial charge in [-0.2, -0.15) is 0 Å². The van der Waals surface area contributed by atoms with E-state index in [-0.39, 0.29) is 0 Å². The fraction of sp³-hybridized carbons (Fsp3) is 0.333. The molecule has 1 aromatic carbocycles. The quantitative estimate of drug-likeness (QED) is 0.926. The number of hydrogen-bond donors (Lipinski definition) is 1. The van der Waals surface area contributed by atoms with E-state index in [4.69, 9.17) is 5.73 Å². The minimum Gasteiger partial charge on any atom is -0.320 e. The largest absolute Gasteiger partial charge is 0.320 e. The predicted octanol–water partition coefficient (Wildman–Crippen LogP) is 2.53. The second-order valence-electron chi connectivity index (χ2n) is 4.70. The molecule has 0 atom stereocenters. The van der Waals surface area contributed by atoms with Crippen LogP contribution < -0.4 is 5.73 Å². The molecule has 0 aliphatic rings. The van der Waals surface area contributed by atoms with Gasteiger partial charge in [0, 0.05) is 4.47 Å². The summed E-state index contributed by atoms with van der Waals surface area (Å²) >= 11 is 3.47. The first-order valence-corrected chi connectivity index (χ1v) is 6.15. The van der Waals surface area contributed by atoms with E-state index in [1.165, 1.54) is 0 Å². The van der Waals surface area contributed by atoms with E-state index in [0.717, 1.165) is 21.4 Å². The van der Waals surface area contributed by atoms with Crippen LogP contribution in [0.2, 0.25) is 0 Å². The van der Waals surface area contributed by atoms with Crippen molar-refractivity contribution < 1.29 is 0 Å². The lowest BCUT2D eigenvalue weighted by molar-refractivity contribution is 0.533. The molecule has 0 amide bonds. The molecule has 0 radical (unpaired) electrons. The maximum absolute atomic E-state index is 5.98. The summed E-state index contributed by atoms with van der Waals surface area (Å²) in [6.45, 7) is 5.86. The number of aromatic nitrogens is 3. The third-order valence-corrected chi connectivity index (χ3v) is 3.45. The van der Waals surface area contributed by atoms with Crippen LogP contribution >= 0.6 is 15.9 Å². The predicted molar refractivity (Wildman–Crippen MR) is 71.0 cm³/mol. The van der Waals surface area contributed by atoms with Crippen molar-refractivity contribution in [2.24, 2.45) is 5.73 Å². The summed E-state index contributed by atoms with van der Waals surface area (Å²) in [7, 11) is 0. The molecule has 0 bridgehead atoms. The lowest BCUT2D eigenvalue weighted by atomic mass is 10.0. The lowest BCUT2D eigenvalue weighted by Gasteiger charge is -2.13. The molecular formula is C12H15BrN4. The summed E-state index contributed by atoms with van der Waals surface area (Å²) < 4.78 is 2.82. The highest BCUT2D eigenvalue weighted by molar-refractivity contribution is 9.10. The van der Waals surface area contributed by atoms with Crippen LogP contribution in [-0.2, 0) is 5.54 Å². The highest BCUT2D eigenvalue weighted by Crippen LogP contribution is 2.20. The molecule has 0 unspecified atom stereocenters. The molecule has 1 aromatic heterocycles. The summed E-state index contributed by atoms with van der Waals surface area (Å²) in [5.41, 5.74) is 8.42. The second-order valence-corrected chi connectivity index (χ2v) is 5.56. The Morgan fingerprint density at radius 1 is 1.35 bits per heavy atom. The monoisotopic (exact) mass is 294 g/mol. The maximum atomic E-state index is 5.98. The van der Waals surface area contributed by atoms with Crippen LogP contribution in [0, 0.1) is 6.92 Å². The van der Waals surface area contributed by atoms with E-state index < -0.39 is 5.54 Å². The van der Waals surface area contributed by atoms with Crippen molar-refractivity contribution in [2.45, 2.75) is 26.3 Å². The third kappa shape index (κ3) is 2.56. The SMILES string of the molecule is Cc1cc(-n2cc(C(C)(C)N)nn2)ccc1Br. The van der Waals surface area contributed by atoms with E-state index in [2.05, 4.69) is 26.2 Å². The van der Waals surface area contributed by atoms with Gasteiger partial charge in [0.05, 0.1) is 17.4 Å². The Morgan fingerprint density at radius 2 is 2.06 bits per heavy atom. The average Bonchev–Trinajstić information content (AvgIpc) is 2.70. The van der Waals surface area contributed by atoms with Crippen LogP contribution in [0.3, 0.4) is 0 Å². The molecule has 1 heterocycles. The highest BCUT2D eigenvalue weighted by Gasteiger charge is 2.18. The molecule has 2 rings (SSSR count). The normalized spacial score (nSPS) is 11.8. The standard InChI is InChI=1S/C12H15BrN4/c1-8-6-9(4-5-10(8)13)17-7-11(15-16-17)12(2,3)14/h4-7H,14H2,1-3H3. The topological polar surface area (TPSA) is 56.7 Å². The van der Waals surface area contributed by atoms with Gasteiger partial charge in [-0.3, -0.25) is 0 Å². The van der Waals surface area contributed by atoms with Crippen molar-refractivity contribution in [3.05, 3.63) is 40.1 Å². The minimum atomic E-state index is -0.470. The summed E-state index contributed by atoms with van der Waals surface area (Å²) in [5, 5.41) is 8.19. The molecule has 0 saturated carbocycles. The molecule has 5 heteroatoms. The van der Waals surface area contributed by atoms with Crippen molar-refractivity contribution in [1.29, 1.82) is 0 Å². The Morgan fingerprint density at radius 3 is 2.59 bits per heavy atom. The Labute approximate surface area is 109 Å². The Kier molecular flexibility index (Phi) is 3.05. The number of rotatable bonds is 2. The first-order valence-electron chi connectivity index (χ1n) is 5.36.